The van der Waals surface area contributed by atoms with Crippen LogP contribution in [0.1, 0.15) is 48.6 Å². The van der Waals surface area contributed by atoms with Crippen molar-refractivity contribution in [3.05, 3.63) is 21.9 Å². The highest BCUT2D eigenvalue weighted by Gasteiger charge is 2.65. The van der Waals surface area contributed by atoms with Gasteiger partial charge in [-0.1, -0.05) is 0 Å². The first kappa shape index (κ1) is 10.4. The fourth-order valence-corrected chi connectivity index (χ4v) is 6.43. The molecular weight excluding hydrogens is 238 g/mol. The quantitative estimate of drug-likeness (QED) is 0.852. The number of hydrogen-bond acceptors (Lipinski definition) is 2. The summed E-state index contributed by atoms with van der Waals surface area (Å²) in [5, 5.41) is 6.34. The average Bonchev–Trinajstić information content (AvgIpc) is 2.84. The third-order valence-electron chi connectivity index (χ3n) is 6.18. The monoisotopic (exact) mass is 259 g/mol. The van der Waals surface area contributed by atoms with E-state index in [4.69, 9.17) is 0 Å². The molecule has 2 heteroatoms. The van der Waals surface area contributed by atoms with Crippen LogP contribution in [0, 0.1) is 23.7 Å². The van der Waals surface area contributed by atoms with E-state index in [1.54, 1.807) is 29.7 Å². The SMILES string of the molecule is c1cc2c(s1)CCCC2NC1C2C3CCC(C3)C12. The van der Waals surface area contributed by atoms with Gasteiger partial charge in [0.2, 0.25) is 0 Å². The summed E-state index contributed by atoms with van der Waals surface area (Å²) in [7, 11) is 0. The molecule has 96 valence electrons. The van der Waals surface area contributed by atoms with Gasteiger partial charge in [-0.25, -0.2) is 0 Å². The maximum absolute atomic E-state index is 4.04. The van der Waals surface area contributed by atoms with Crippen molar-refractivity contribution in [2.45, 2.75) is 50.6 Å². The smallest absolute Gasteiger partial charge is 0.0334 e. The van der Waals surface area contributed by atoms with E-state index in [1.165, 1.54) is 19.3 Å². The molecule has 5 rings (SSSR count). The second-order valence-electron chi connectivity index (χ2n) is 6.92. The predicted molar refractivity (Wildman–Crippen MR) is 74.7 cm³/mol. The highest BCUT2D eigenvalue weighted by Crippen LogP contribution is 2.66. The van der Waals surface area contributed by atoms with Gasteiger partial charge in [-0.2, -0.15) is 0 Å². The molecule has 0 radical (unpaired) electrons. The molecule has 1 aromatic heterocycles. The van der Waals surface area contributed by atoms with Crippen molar-refractivity contribution in [2.24, 2.45) is 23.7 Å². The van der Waals surface area contributed by atoms with E-state index in [1.807, 2.05) is 11.3 Å². The van der Waals surface area contributed by atoms with Gasteiger partial charge in [-0.05, 0) is 79.2 Å². The van der Waals surface area contributed by atoms with E-state index in [0.29, 0.717) is 6.04 Å². The lowest BCUT2D eigenvalue weighted by atomic mass is 9.93. The van der Waals surface area contributed by atoms with Gasteiger partial charge in [0.15, 0.2) is 0 Å². The van der Waals surface area contributed by atoms with Crippen LogP contribution in [0.2, 0.25) is 0 Å². The molecule has 5 atom stereocenters. The van der Waals surface area contributed by atoms with Gasteiger partial charge < -0.3 is 5.32 Å². The van der Waals surface area contributed by atoms with Crippen molar-refractivity contribution in [2.75, 3.05) is 0 Å². The van der Waals surface area contributed by atoms with E-state index in [9.17, 15) is 0 Å². The molecule has 1 aromatic rings. The highest BCUT2D eigenvalue weighted by molar-refractivity contribution is 7.10. The Bertz CT molecular complexity index is 463. The van der Waals surface area contributed by atoms with Gasteiger partial charge in [-0.3, -0.25) is 0 Å². The number of fused-ring (bicyclic) bond motifs is 6. The van der Waals surface area contributed by atoms with E-state index in [0.717, 1.165) is 29.7 Å². The second-order valence-corrected chi connectivity index (χ2v) is 7.92. The van der Waals surface area contributed by atoms with E-state index >= 15 is 0 Å². The Balaban J connectivity index is 1.35. The van der Waals surface area contributed by atoms with Gasteiger partial charge in [0, 0.05) is 17.0 Å². The van der Waals surface area contributed by atoms with Crippen molar-refractivity contribution >= 4 is 11.3 Å². The molecule has 0 aromatic carbocycles. The third-order valence-corrected chi connectivity index (χ3v) is 7.18. The molecule has 0 spiro atoms. The fraction of sp³-hybridized carbons (Fsp3) is 0.750. The minimum absolute atomic E-state index is 0.690. The summed E-state index contributed by atoms with van der Waals surface area (Å²) in [4.78, 5) is 1.66. The fourth-order valence-electron chi connectivity index (χ4n) is 5.44. The lowest BCUT2D eigenvalue weighted by Gasteiger charge is -2.25. The lowest BCUT2D eigenvalue weighted by Crippen LogP contribution is -2.29. The van der Waals surface area contributed by atoms with E-state index in [-0.39, 0.29) is 0 Å². The van der Waals surface area contributed by atoms with Crippen LogP contribution in [-0.2, 0) is 6.42 Å². The Morgan fingerprint density at radius 3 is 2.78 bits per heavy atom. The van der Waals surface area contributed by atoms with Crippen molar-refractivity contribution < 1.29 is 0 Å². The highest BCUT2D eigenvalue weighted by atomic mass is 32.1. The van der Waals surface area contributed by atoms with Crippen molar-refractivity contribution in [1.82, 2.24) is 5.32 Å². The van der Waals surface area contributed by atoms with Crippen molar-refractivity contribution in [3.63, 3.8) is 0 Å². The number of thiophene rings is 1. The summed E-state index contributed by atoms with van der Waals surface area (Å²) in [5.41, 5.74) is 1.64. The first-order chi connectivity index (χ1) is 8.92. The van der Waals surface area contributed by atoms with Gasteiger partial charge in [0.1, 0.15) is 0 Å². The van der Waals surface area contributed by atoms with Gasteiger partial charge in [0.05, 0.1) is 0 Å². The first-order valence-electron chi connectivity index (χ1n) is 7.74. The van der Waals surface area contributed by atoms with Crippen LogP contribution in [0.5, 0.6) is 0 Å². The molecule has 0 aliphatic heterocycles. The number of hydrogen-bond donors (Lipinski definition) is 1. The maximum atomic E-state index is 4.04. The zero-order chi connectivity index (χ0) is 11.7. The second kappa shape index (κ2) is 3.61. The maximum Gasteiger partial charge on any atom is 0.0334 e. The van der Waals surface area contributed by atoms with Crippen LogP contribution in [0.4, 0.5) is 0 Å². The zero-order valence-electron chi connectivity index (χ0n) is 10.8. The molecule has 0 saturated heterocycles. The summed E-state index contributed by atoms with van der Waals surface area (Å²) in [6, 6.07) is 3.96. The Morgan fingerprint density at radius 2 is 1.94 bits per heavy atom. The zero-order valence-corrected chi connectivity index (χ0v) is 11.6. The average molecular weight is 259 g/mol. The van der Waals surface area contributed by atoms with Crippen LogP contribution in [0.3, 0.4) is 0 Å². The number of nitrogens with one attached hydrogen (secondary N) is 1. The number of rotatable bonds is 2. The van der Waals surface area contributed by atoms with Gasteiger partial charge in [-0.15, -0.1) is 11.3 Å². The lowest BCUT2D eigenvalue weighted by molar-refractivity contribution is 0.394. The molecule has 1 heterocycles. The van der Waals surface area contributed by atoms with Crippen LogP contribution in [0.25, 0.3) is 0 Å². The summed E-state index contributed by atoms with van der Waals surface area (Å²) in [6.45, 7) is 0. The molecule has 3 saturated carbocycles. The minimum Gasteiger partial charge on any atom is -0.307 e. The largest absolute Gasteiger partial charge is 0.307 e. The molecule has 4 aliphatic rings. The van der Waals surface area contributed by atoms with Crippen LogP contribution < -0.4 is 5.32 Å². The Labute approximate surface area is 113 Å². The first-order valence-corrected chi connectivity index (χ1v) is 8.62. The minimum atomic E-state index is 0.690. The molecule has 3 fully saturated rings. The third kappa shape index (κ3) is 1.31. The number of aryl methyl sites for hydroxylation is 1. The summed E-state index contributed by atoms with van der Waals surface area (Å²) in [5.74, 6) is 4.35. The van der Waals surface area contributed by atoms with Crippen molar-refractivity contribution in [1.29, 1.82) is 0 Å². The van der Waals surface area contributed by atoms with Crippen LogP contribution >= 0.6 is 11.3 Å². The summed E-state index contributed by atoms with van der Waals surface area (Å²) >= 11 is 1.97. The molecule has 5 unspecified atom stereocenters. The Morgan fingerprint density at radius 1 is 1.11 bits per heavy atom. The van der Waals surface area contributed by atoms with Crippen LogP contribution in [-0.4, -0.2) is 6.04 Å². The molecule has 18 heavy (non-hydrogen) atoms. The van der Waals surface area contributed by atoms with Gasteiger partial charge >= 0.3 is 0 Å². The normalized spacial score (nSPS) is 48.0. The Hall–Kier alpha value is -0.340. The summed E-state index contributed by atoms with van der Waals surface area (Å²) < 4.78 is 0. The molecule has 4 aliphatic carbocycles. The van der Waals surface area contributed by atoms with Crippen molar-refractivity contribution in [3.8, 4) is 0 Å². The molecule has 0 amide bonds. The predicted octanol–water partition coefficient (Wildman–Crippen LogP) is 3.76. The molecule has 1 nitrogen and oxygen atoms in total. The van der Waals surface area contributed by atoms with E-state index < -0.39 is 0 Å². The van der Waals surface area contributed by atoms with Gasteiger partial charge in [0.25, 0.3) is 0 Å². The molecule has 1 N–H and O–H groups in total. The standard InChI is InChI=1S/C16H21NS/c1-2-12(11-6-7-18-13(11)3-1)17-16-14-9-4-5-10(8-9)15(14)16/h6-7,9-10,12,14-17H,1-5,8H2. The Kier molecular flexibility index (Phi) is 2.09. The van der Waals surface area contributed by atoms with Crippen LogP contribution in [0.15, 0.2) is 11.4 Å². The molecular formula is C16H21NS. The topological polar surface area (TPSA) is 12.0 Å². The van der Waals surface area contributed by atoms with E-state index in [2.05, 4.69) is 16.8 Å². The molecule has 2 bridgehead atoms. The summed E-state index contributed by atoms with van der Waals surface area (Å²) in [6.07, 6.45) is 8.74.